The van der Waals surface area contributed by atoms with E-state index in [4.69, 9.17) is 4.98 Å². The number of piperazine rings is 1. The first-order valence-electron chi connectivity index (χ1n) is 9.19. The summed E-state index contributed by atoms with van der Waals surface area (Å²) in [5.74, 6) is 0.717. The number of thiazole rings is 1. The summed E-state index contributed by atoms with van der Waals surface area (Å²) in [5, 5.41) is 7.18. The third kappa shape index (κ3) is 3.68. The minimum absolute atomic E-state index is 0.396. The molecule has 0 amide bonds. The zero-order valence-corrected chi connectivity index (χ0v) is 15.0. The summed E-state index contributed by atoms with van der Waals surface area (Å²) >= 11 is 1.88. The lowest BCUT2D eigenvalue weighted by molar-refractivity contribution is 0.152. The fourth-order valence-electron chi connectivity index (χ4n) is 3.98. The summed E-state index contributed by atoms with van der Waals surface area (Å²) < 4.78 is 0. The molecule has 3 heterocycles. The first kappa shape index (κ1) is 16.2. The van der Waals surface area contributed by atoms with Crippen LogP contribution in [0.25, 0.3) is 0 Å². The summed E-state index contributed by atoms with van der Waals surface area (Å²) in [6, 6.07) is 4.62. The molecule has 1 atom stereocenters. The Morgan fingerprint density at radius 1 is 1.25 bits per heavy atom. The van der Waals surface area contributed by atoms with Gasteiger partial charge in [-0.05, 0) is 24.5 Å². The molecule has 1 saturated carbocycles. The largest absolute Gasteiger partial charge is 0.314 e. The molecule has 2 aromatic rings. The van der Waals surface area contributed by atoms with Crippen LogP contribution in [0.4, 0.5) is 0 Å². The van der Waals surface area contributed by atoms with Gasteiger partial charge in [-0.25, -0.2) is 4.98 Å². The van der Waals surface area contributed by atoms with E-state index >= 15 is 0 Å². The number of nitrogens with zero attached hydrogens (tertiary/aromatic N) is 3. The highest BCUT2D eigenvalue weighted by Gasteiger charge is 2.25. The van der Waals surface area contributed by atoms with E-state index in [-0.39, 0.29) is 0 Å². The highest BCUT2D eigenvalue weighted by atomic mass is 32.1. The zero-order chi connectivity index (χ0) is 16.2. The summed E-state index contributed by atoms with van der Waals surface area (Å²) in [7, 11) is 0. The van der Waals surface area contributed by atoms with Crippen molar-refractivity contribution in [3.8, 4) is 0 Å². The Hall–Kier alpha value is -1.30. The number of nitrogens with one attached hydrogen (secondary N) is 1. The fourth-order valence-corrected chi connectivity index (χ4v) is 4.96. The summed E-state index contributed by atoms with van der Waals surface area (Å²) in [4.78, 5) is 11.8. The summed E-state index contributed by atoms with van der Waals surface area (Å²) in [6.07, 6.45) is 10.7. The number of hydrogen-bond donors (Lipinski definition) is 1. The Bertz CT molecular complexity index is 636. The average molecular weight is 343 g/mol. The molecule has 1 aliphatic heterocycles. The molecule has 128 valence electrons. The van der Waals surface area contributed by atoms with Gasteiger partial charge in [0.15, 0.2) is 0 Å². The van der Waals surface area contributed by atoms with Gasteiger partial charge in [0.1, 0.15) is 0 Å². The maximum absolute atomic E-state index is 5.00. The number of rotatable bonds is 4. The Balaban J connectivity index is 1.46. The van der Waals surface area contributed by atoms with Gasteiger partial charge < -0.3 is 5.32 Å². The second-order valence-corrected chi connectivity index (χ2v) is 7.88. The average Bonchev–Trinajstić information content (AvgIpc) is 3.12. The van der Waals surface area contributed by atoms with E-state index in [1.165, 1.54) is 48.4 Å². The third-order valence-electron chi connectivity index (χ3n) is 5.31. The normalized spacial score (nSPS) is 23.4. The Morgan fingerprint density at radius 2 is 2.17 bits per heavy atom. The maximum atomic E-state index is 5.00. The van der Waals surface area contributed by atoms with Gasteiger partial charge in [-0.15, -0.1) is 11.3 Å². The van der Waals surface area contributed by atoms with Crippen molar-refractivity contribution in [2.24, 2.45) is 0 Å². The molecular formula is C19H26N4S. The lowest BCUT2D eigenvalue weighted by atomic mass is 9.90. The summed E-state index contributed by atoms with van der Waals surface area (Å²) in [6.45, 7) is 4.06. The molecule has 1 saturated heterocycles. The van der Waals surface area contributed by atoms with Crippen LogP contribution in [0.2, 0.25) is 0 Å². The highest BCUT2D eigenvalue weighted by molar-refractivity contribution is 7.09. The van der Waals surface area contributed by atoms with Gasteiger partial charge in [0.25, 0.3) is 0 Å². The second-order valence-electron chi connectivity index (χ2n) is 6.99. The minimum atomic E-state index is 0.396. The van der Waals surface area contributed by atoms with E-state index in [0.29, 0.717) is 6.04 Å². The van der Waals surface area contributed by atoms with E-state index < -0.39 is 0 Å². The molecule has 1 aliphatic carbocycles. The smallest absolute Gasteiger partial charge is 0.0959 e. The number of pyridine rings is 1. The number of aromatic nitrogens is 2. The molecule has 2 aliphatic rings. The van der Waals surface area contributed by atoms with Gasteiger partial charge in [-0.2, -0.15) is 0 Å². The SMILES string of the molecule is c1cncc(C2CNCCN2Cc2csc(C3CCCCC3)n2)c1. The molecule has 5 heteroatoms. The van der Waals surface area contributed by atoms with Crippen molar-refractivity contribution in [1.82, 2.24) is 20.2 Å². The van der Waals surface area contributed by atoms with Crippen molar-refractivity contribution >= 4 is 11.3 Å². The van der Waals surface area contributed by atoms with Crippen LogP contribution in [0.5, 0.6) is 0 Å². The quantitative estimate of drug-likeness (QED) is 0.919. The van der Waals surface area contributed by atoms with Crippen LogP contribution in [0.3, 0.4) is 0 Å². The Morgan fingerprint density at radius 3 is 3.00 bits per heavy atom. The van der Waals surface area contributed by atoms with Gasteiger partial charge in [0.2, 0.25) is 0 Å². The Labute approximate surface area is 148 Å². The molecule has 24 heavy (non-hydrogen) atoms. The lowest BCUT2D eigenvalue weighted by Crippen LogP contribution is -2.45. The van der Waals surface area contributed by atoms with Crippen molar-refractivity contribution in [3.05, 3.63) is 46.2 Å². The van der Waals surface area contributed by atoms with Gasteiger partial charge in [0.05, 0.1) is 10.7 Å². The predicted molar refractivity (Wildman–Crippen MR) is 98.2 cm³/mol. The van der Waals surface area contributed by atoms with Crippen LogP contribution < -0.4 is 5.32 Å². The molecule has 1 N–H and O–H groups in total. The molecule has 4 nitrogen and oxygen atoms in total. The van der Waals surface area contributed by atoms with Crippen LogP contribution in [0.15, 0.2) is 29.9 Å². The van der Waals surface area contributed by atoms with Crippen molar-refractivity contribution in [2.75, 3.05) is 19.6 Å². The predicted octanol–water partition coefficient (Wildman–Crippen LogP) is 3.73. The van der Waals surface area contributed by atoms with Crippen LogP contribution >= 0.6 is 11.3 Å². The van der Waals surface area contributed by atoms with Crippen molar-refractivity contribution in [2.45, 2.75) is 50.6 Å². The Kier molecular flexibility index (Phi) is 5.21. The minimum Gasteiger partial charge on any atom is -0.314 e. The van der Waals surface area contributed by atoms with E-state index in [9.17, 15) is 0 Å². The van der Waals surface area contributed by atoms with Gasteiger partial charge in [-0.3, -0.25) is 9.88 Å². The van der Waals surface area contributed by atoms with E-state index in [1.807, 2.05) is 29.8 Å². The van der Waals surface area contributed by atoms with Crippen LogP contribution in [0, 0.1) is 0 Å². The lowest BCUT2D eigenvalue weighted by Gasteiger charge is -2.35. The molecule has 4 rings (SSSR count). The van der Waals surface area contributed by atoms with Crippen LogP contribution in [-0.4, -0.2) is 34.5 Å². The van der Waals surface area contributed by atoms with E-state index in [1.54, 1.807) is 0 Å². The first-order valence-corrected chi connectivity index (χ1v) is 10.1. The monoisotopic (exact) mass is 342 g/mol. The molecule has 2 aromatic heterocycles. The highest BCUT2D eigenvalue weighted by Crippen LogP contribution is 2.34. The second kappa shape index (κ2) is 7.72. The van der Waals surface area contributed by atoms with Gasteiger partial charge in [0, 0.05) is 55.9 Å². The van der Waals surface area contributed by atoms with Crippen molar-refractivity contribution < 1.29 is 0 Å². The van der Waals surface area contributed by atoms with Crippen LogP contribution in [-0.2, 0) is 6.54 Å². The third-order valence-corrected chi connectivity index (χ3v) is 6.37. The van der Waals surface area contributed by atoms with Crippen LogP contribution in [0.1, 0.15) is 60.3 Å². The molecule has 0 aromatic carbocycles. The molecular weight excluding hydrogens is 316 g/mol. The standard InChI is InChI=1S/C19H26N4S/c1-2-5-15(6-3-1)19-22-17(14-24-19)13-23-10-9-21-12-18(23)16-7-4-8-20-11-16/h4,7-8,11,14-15,18,21H,1-3,5-6,9-10,12-13H2. The van der Waals surface area contributed by atoms with Crippen molar-refractivity contribution in [1.29, 1.82) is 0 Å². The van der Waals surface area contributed by atoms with E-state index in [2.05, 4.69) is 26.6 Å². The van der Waals surface area contributed by atoms with E-state index in [0.717, 1.165) is 32.1 Å². The maximum Gasteiger partial charge on any atom is 0.0959 e. The summed E-state index contributed by atoms with van der Waals surface area (Å²) in [5.41, 5.74) is 2.55. The topological polar surface area (TPSA) is 41.1 Å². The fraction of sp³-hybridized carbons (Fsp3) is 0.579. The molecule has 0 spiro atoms. The van der Waals surface area contributed by atoms with Crippen molar-refractivity contribution in [3.63, 3.8) is 0 Å². The number of hydrogen-bond acceptors (Lipinski definition) is 5. The first-order chi connectivity index (χ1) is 11.9. The molecule has 1 unspecified atom stereocenters. The zero-order valence-electron chi connectivity index (χ0n) is 14.2. The van der Waals surface area contributed by atoms with Gasteiger partial charge >= 0.3 is 0 Å². The molecule has 0 radical (unpaired) electrons. The molecule has 2 fully saturated rings. The molecule has 0 bridgehead atoms. The van der Waals surface area contributed by atoms with Gasteiger partial charge in [-0.1, -0.05) is 25.3 Å².